The van der Waals surface area contributed by atoms with Crippen molar-refractivity contribution in [3.8, 4) is 0 Å². The maximum absolute atomic E-state index is 12.4. The Hall–Kier alpha value is -2.46. The maximum Gasteiger partial charge on any atom is 0.251 e. The summed E-state index contributed by atoms with van der Waals surface area (Å²) in [7, 11) is 0. The summed E-state index contributed by atoms with van der Waals surface area (Å²) in [6, 6.07) is 18.4. The standard InChI is InChI=1S/C17H16N2O2/c20-16-11-15(18-12-13-7-3-1-4-8-13)17(21)19(16)14-9-5-2-6-10-14/h1-10,15,18H,11-12H2/t15-/m1/s1. The smallest absolute Gasteiger partial charge is 0.251 e. The second-order valence-corrected chi connectivity index (χ2v) is 5.03. The lowest BCUT2D eigenvalue weighted by molar-refractivity contribution is -0.121. The van der Waals surface area contributed by atoms with Gasteiger partial charge in [0.25, 0.3) is 5.91 Å². The van der Waals surface area contributed by atoms with Gasteiger partial charge >= 0.3 is 0 Å². The number of para-hydroxylation sites is 1. The predicted octanol–water partition coefficient (Wildman–Crippen LogP) is 2.11. The molecular weight excluding hydrogens is 264 g/mol. The van der Waals surface area contributed by atoms with Crippen molar-refractivity contribution >= 4 is 17.5 Å². The number of nitrogens with zero attached hydrogens (tertiary/aromatic N) is 1. The predicted molar refractivity (Wildman–Crippen MR) is 80.6 cm³/mol. The summed E-state index contributed by atoms with van der Waals surface area (Å²) >= 11 is 0. The Kier molecular flexibility index (Phi) is 3.79. The van der Waals surface area contributed by atoms with Gasteiger partial charge in [-0.05, 0) is 17.7 Å². The Morgan fingerprint density at radius 3 is 2.24 bits per heavy atom. The molecule has 4 heteroatoms. The fourth-order valence-corrected chi connectivity index (χ4v) is 2.48. The normalized spacial score (nSPS) is 18.3. The Morgan fingerprint density at radius 1 is 0.952 bits per heavy atom. The zero-order valence-corrected chi connectivity index (χ0v) is 11.5. The van der Waals surface area contributed by atoms with Crippen LogP contribution in [0.5, 0.6) is 0 Å². The molecule has 0 saturated carbocycles. The van der Waals surface area contributed by atoms with Crippen LogP contribution in [-0.2, 0) is 16.1 Å². The highest BCUT2D eigenvalue weighted by atomic mass is 16.2. The van der Waals surface area contributed by atoms with Gasteiger partial charge in [-0.2, -0.15) is 0 Å². The molecule has 106 valence electrons. The van der Waals surface area contributed by atoms with E-state index < -0.39 is 6.04 Å². The molecule has 1 fully saturated rings. The SMILES string of the molecule is O=C1C[C@@H](NCc2ccccc2)C(=O)N1c1ccccc1. The Labute approximate surface area is 123 Å². The lowest BCUT2D eigenvalue weighted by Gasteiger charge is -2.15. The van der Waals surface area contributed by atoms with Crippen LogP contribution in [0, 0.1) is 0 Å². The van der Waals surface area contributed by atoms with E-state index in [4.69, 9.17) is 0 Å². The number of benzene rings is 2. The van der Waals surface area contributed by atoms with E-state index in [-0.39, 0.29) is 18.2 Å². The van der Waals surface area contributed by atoms with Gasteiger partial charge in [-0.25, -0.2) is 4.90 Å². The van der Waals surface area contributed by atoms with Crippen molar-refractivity contribution < 1.29 is 9.59 Å². The minimum Gasteiger partial charge on any atom is -0.301 e. The van der Waals surface area contributed by atoms with E-state index in [1.54, 1.807) is 12.1 Å². The highest BCUT2D eigenvalue weighted by molar-refractivity contribution is 6.22. The zero-order valence-electron chi connectivity index (χ0n) is 11.5. The molecule has 4 nitrogen and oxygen atoms in total. The van der Waals surface area contributed by atoms with Gasteiger partial charge < -0.3 is 5.32 Å². The molecule has 0 aromatic heterocycles. The first-order chi connectivity index (χ1) is 10.3. The van der Waals surface area contributed by atoms with Gasteiger partial charge in [0.15, 0.2) is 0 Å². The number of amides is 2. The van der Waals surface area contributed by atoms with E-state index in [2.05, 4.69) is 5.32 Å². The largest absolute Gasteiger partial charge is 0.301 e. The summed E-state index contributed by atoms with van der Waals surface area (Å²) in [6.45, 7) is 0.577. The third kappa shape index (κ3) is 2.85. The zero-order chi connectivity index (χ0) is 14.7. The number of anilines is 1. The quantitative estimate of drug-likeness (QED) is 0.873. The van der Waals surface area contributed by atoms with Gasteiger partial charge in [0.2, 0.25) is 5.91 Å². The topological polar surface area (TPSA) is 49.4 Å². The summed E-state index contributed by atoms with van der Waals surface area (Å²) in [4.78, 5) is 25.7. The van der Waals surface area contributed by atoms with Gasteiger partial charge in [0, 0.05) is 6.54 Å². The second kappa shape index (κ2) is 5.89. The van der Waals surface area contributed by atoms with Crippen molar-refractivity contribution in [3.63, 3.8) is 0 Å². The summed E-state index contributed by atoms with van der Waals surface area (Å²) in [5.74, 6) is -0.334. The van der Waals surface area contributed by atoms with Gasteiger partial charge in [0.05, 0.1) is 18.2 Å². The van der Waals surface area contributed by atoms with Gasteiger partial charge in [-0.15, -0.1) is 0 Å². The second-order valence-electron chi connectivity index (χ2n) is 5.03. The van der Waals surface area contributed by atoms with Crippen LogP contribution in [0.4, 0.5) is 5.69 Å². The Morgan fingerprint density at radius 2 is 1.57 bits per heavy atom. The first-order valence-corrected chi connectivity index (χ1v) is 6.95. The molecule has 2 aromatic rings. The van der Waals surface area contributed by atoms with Crippen LogP contribution in [0.15, 0.2) is 60.7 Å². The first kappa shape index (κ1) is 13.5. The summed E-state index contributed by atoms with van der Waals surface area (Å²) in [5.41, 5.74) is 1.73. The Balaban J connectivity index is 1.69. The van der Waals surface area contributed by atoms with Crippen molar-refractivity contribution in [1.29, 1.82) is 0 Å². The fraction of sp³-hybridized carbons (Fsp3) is 0.176. The van der Waals surface area contributed by atoms with Crippen molar-refractivity contribution in [1.82, 2.24) is 5.32 Å². The van der Waals surface area contributed by atoms with Crippen molar-refractivity contribution in [2.24, 2.45) is 0 Å². The number of hydrogen-bond donors (Lipinski definition) is 1. The average molecular weight is 280 g/mol. The van der Waals surface area contributed by atoms with Crippen LogP contribution in [0.25, 0.3) is 0 Å². The number of carbonyl (C=O) groups excluding carboxylic acids is 2. The number of imide groups is 1. The third-order valence-corrected chi connectivity index (χ3v) is 3.56. The summed E-state index contributed by atoms with van der Waals surface area (Å²) < 4.78 is 0. The number of carbonyl (C=O) groups is 2. The molecule has 1 atom stereocenters. The van der Waals surface area contributed by atoms with Crippen molar-refractivity contribution in [3.05, 3.63) is 66.2 Å². The molecule has 1 heterocycles. The number of nitrogens with one attached hydrogen (secondary N) is 1. The molecule has 1 aliphatic rings. The maximum atomic E-state index is 12.4. The van der Waals surface area contributed by atoms with E-state index in [0.717, 1.165) is 5.56 Å². The molecule has 1 aliphatic heterocycles. The molecule has 3 rings (SSSR count). The first-order valence-electron chi connectivity index (χ1n) is 6.95. The average Bonchev–Trinajstić information content (AvgIpc) is 2.81. The molecule has 0 radical (unpaired) electrons. The molecule has 2 amide bonds. The van der Waals surface area contributed by atoms with Gasteiger partial charge in [0.1, 0.15) is 0 Å². The molecule has 0 bridgehead atoms. The highest BCUT2D eigenvalue weighted by Crippen LogP contribution is 2.22. The van der Waals surface area contributed by atoms with E-state index in [1.807, 2.05) is 48.5 Å². The molecule has 0 spiro atoms. The van der Waals surface area contributed by atoms with Crippen LogP contribution in [0.1, 0.15) is 12.0 Å². The minimum atomic E-state index is -0.446. The monoisotopic (exact) mass is 280 g/mol. The molecule has 1 N–H and O–H groups in total. The van der Waals surface area contributed by atoms with E-state index >= 15 is 0 Å². The van der Waals surface area contributed by atoms with Crippen molar-refractivity contribution in [2.45, 2.75) is 19.0 Å². The van der Waals surface area contributed by atoms with Crippen LogP contribution in [0.3, 0.4) is 0 Å². The van der Waals surface area contributed by atoms with Crippen LogP contribution < -0.4 is 10.2 Å². The molecular formula is C17H16N2O2. The fourth-order valence-electron chi connectivity index (χ4n) is 2.48. The van der Waals surface area contributed by atoms with E-state index in [9.17, 15) is 9.59 Å². The van der Waals surface area contributed by atoms with E-state index in [1.165, 1.54) is 4.90 Å². The van der Waals surface area contributed by atoms with Crippen LogP contribution in [0.2, 0.25) is 0 Å². The summed E-state index contributed by atoms with van der Waals surface area (Å²) in [5, 5.41) is 3.17. The molecule has 0 aliphatic carbocycles. The lowest BCUT2D eigenvalue weighted by Crippen LogP contribution is -2.38. The van der Waals surface area contributed by atoms with Crippen molar-refractivity contribution in [2.75, 3.05) is 4.90 Å². The number of hydrogen-bond acceptors (Lipinski definition) is 3. The highest BCUT2D eigenvalue weighted by Gasteiger charge is 2.38. The molecule has 0 unspecified atom stereocenters. The third-order valence-electron chi connectivity index (χ3n) is 3.56. The van der Waals surface area contributed by atoms with Crippen LogP contribution >= 0.6 is 0 Å². The molecule has 1 saturated heterocycles. The van der Waals surface area contributed by atoms with E-state index in [0.29, 0.717) is 12.2 Å². The number of rotatable bonds is 4. The Bertz CT molecular complexity index is 640. The lowest BCUT2D eigenvalue weighted by atomic mass is 10.2. The summed E-state index contributed by atoms with van der Waals surface area (Å²) in [6.07, 6.45) is 0.209. The van der Waals surface area contributed by atoms with Gasteiger partial charge in [-0.1, -0.05) is 48.5 Å². The minimum absolute atomic E-state index is 0.156. The molecule has 21 heavy (non-hydrogen) atoms. The van der Waals surface area contributed by atoms with Gasteiger partial charge in [-0.3, -0.25) is 9.59 Å². The van der Waals surface area contributed by atoms with Crippen LogP contribution in [-0.4, -0.2) is 17.9 Å². The molecule has 2 aromatic carbocycles.